The van der Waals surface area contributed by atoms with Crippen LogP contribution in [0, 0.1) is 0 Å². The molecule has 0 heterocycles. The van der Waals surface area contributed by atoms with E-state index >= 15 is 0 Å². The molecule has 0 fully saturated rings. The second-order valence-electron chi connectivity index (χ2n) is 6.97. The van der Waals surface area contributed by atoms with Crippen LogP contribution < -0.4 is 21.3 Å². The van der Waals surface area contributed by atoms with Crippen LogP contribution in [0.25, 0.3) is 0 Å². The maximum atomic E-state index is 12.3. The minimum absolute atomic E-state index is 0.0244. The van der Waals surface area contributed by atoms with Gasteiger partial charge in [0.25, 0.3) is 0 Å². The molecule has 0 saturated carbocycles. The highest BCUT2D eigenvalue weighted by molar-refractivity contribution is 5.96. The van der Waals surface area contributed by atoms with E-state index in [1.807, 2.05) is 6.07 Å². The number of anilines is 4. The minimum Gasteiger partial charge on any atom is -0.376 e. The average Bonchev–Trinajstić information content (AvgIpc) is 2.73. The third-order valence-corrected chi connectivity index (χ3v) is 4.36. The number of rotatable bonds is 11. The van der Waals surface area contributed by atoms with Crippen LogP contribution in [-0.2, 0) is 14.4 Å². The van der Waals surface area contributed by atoms with Gasteiger partial charge in [-0.25, -0.2) is 0 Å². The van der Waals surface area contributed by atoms with Gasteiger partial charge in [0.2, 0.25) is 17.7 Å². The smallest absolute Gasteiger partial charge is 0.243 e. The first kappa shape index (κ1) is 22.9. The summed E-state index contributed by atoms with van der Waals surface area (Å²) in [5, 5.41) is 11.5. The summed E-state index contributed by atoms with van der Waals surface area (Å²) >= 11 is 0. The third-order valence-electron chi connectivity index (χ3n) is 4.36. The van der Waals surface area contributed by atoms with E-state index in [-0.39, 0.29) is 24.3 Å². The molecule has 3 amide bonds. The molecule has 0 atom stereocenters. The van der Waals surface area contributed by atoms with Crippen molar-refractivity contribution in [1.82, 2.24) is 0 Å². The summed E-state index contributed by atoms with van der Waals surface area (Å²) in [5.41, 5.74) is 2.67. The van der Waals surface area contributed by atoms with Gasteiger partial charge in [-0.2, -0.15) is 0 Å². The molecule has 0 aliphatic carbocycles. The van der Waals surface area contributed by atoms with Crippen LogP contribution in [0.5, 0.6) is 0 Å². The lowest BCUT2D eigenvalue weighted by Gasteiger charge is -2.11. The number of benzene rings is 2. The van der Waals surface area contributed by atoms with Crippen molar-refractivity contribution in [3.63, 3.8) is 0 Å². The highest BCUT2D eigenvalue weighted by atomic mass is 16.2. The van der Waals surface area contributed by atoms with E-state index < -0.39 is 0 Å². The van der Waals surface area contributed by atoms with Gasteiger partial charge in [-0.3, -0.25) is 14.4 Å². The quantitative estimate of drug-likeness (QED) is 0.407. The van der Waals surface area contributed by atoms with E-state index in [9.17, 15) is 14.4 Å². The van der Waals surface area contributed by atoms with Crippen LogP contribution in [0.1, 0.15) is 46.0 Å². The van der Waals surface area contributed by atoms with Crippen molar-refractivity contribution < 1.29 is 14.4 Å². The number of unbranched alkanes of at least 4 members (excludes halogenated alkanes) is 2. The van der Waals surface area contributed by atoms with Crippen molar-refractivity contribution >= 4 is 40.5 Å². The molecule has 2 aromatic rings. The topological polar surface area (TPSA) is 99.3 Å². The lowest BCUT2D eigenvalue weighted by Crippen LogP contribution is -2.22. The summed E-state index contributed by atoms with van der Waals surface area (Å²) in [7, 11) is 0. The summed E-state index contributed by atoms with van der Waals surface area (Å²) in [5.74, 6) is -0.310. The van der Waals surface area contributed by atoms with Crippen molar-refractivity contribution in [3.05, 3.63) is 48.5 Å². The molecule has 0 unspecified atom stereocenters. The Labute approximate surface area is 177 Å². The molecule has 0 saturated heterocycles. The van der Waals surface area contributed by atoms with Gasteiger partial charge >= 0.3 is 0 Å². The second kappa shape index (κ2) is 12.3. The Balaban J connectivity index is 1.84. The molecule has 2 rings (SSSR count). The van der Waals surface area contributed by atoms with Crippen LogP contribution in [0.15, 0.2) is 48.5 Å². The summed E-state index contributed by atoms with van der Waals surface area (Å²) in [4.78, 5) is 35.7. The zero-order valence-electron chi connectivity index (χ0n) is 17.6. The molecule has 30 heavy (non-hydrogen) atoms. The molecule has 0 aliphatic heterocycles. The predicted molar refractivity (Wildman–Crippen MR) is 122 cm³/mol. The zero-order chi connectivity index (χ0) is 21.8. The summed E-state index contributed by atoms with van der Waals surface area (Å²) in [6, 6.07) is 14.3. The summed E-state index contributed by atoms with van der Waals surface area (Å²) in [6.07, 6.45) is 3.86. The molecule has 160 valence electrons. The highest BCUT2D eigenvalue weighted by Gasteiger charge is 2.06. The van der Waals surface area contributed by atoms with E-state index in [1.54, 1.807) is 49.4 Å². The molecular formula is C23H30N4O3. The van der Waals surface area contributed by atoms with Gasteiger partial charge in [0, 0.05) is 35.6 Å². The van der Waals surface area contributed by atoms with Crippen LogP contribution >= 0.6 is 0 Å². The molecule has 7 heteroatoms. The standard InChI is InChI=1S/C23H30N4O3/c1-3-5-6-13-22(29)26-19-11-8-12-20(15-19)27-23(30)16-24-17-9-7-10-18(14-17)25-21(28)4-2/h7-12,14-15,24H,3-6,13,16H2,1-2H3,(H,25,28)(H,26,29)(H,27,30). The van der Waals surface area contributed by atoms with Crippen molar-refractivity contribution in [2.24, 2.45) is 0 Å². The molecule has 0 radical (unpaired) electrons. The number of carbonyl (C=O) groups excluding carboxylic acids is 3. The maximum absolute atomic E-state index is 12.3. The number of hydrogen-bond donors (Lipinski definition) is 4. The molecule has 0 bridgehead atoms. The number of carbonyl (C=O) groups is 3. The van der Waals surface area contributed by atoms with Crippen LogP contribution in [0.2, 0.25) is 0 Å². The Kier molecular flexibility index (Phi) is 9.37. The normalized spacial score (nSPS) is 10.2. The molecule has 7 nitrogen and oxygen atoms in total. The zero-order valence-corrected chi connectivity index (χ0v) is 17.6. The molecule has 0 spiro atoms. The third kappa shape index (κ3) is 8.34. The van der Waals surface area contributed by atoms with E-state index in [0.717, 1.165) is 24.9 Å². The monoisotopic (exact) mass is 410 g/mol. The number of amides is 3. The Morgan fingerprint density at radius 2 is 1.23 bits per heavy atom. The van der Waals surface area contributed by atoms with E-state index in [0.29, 0.717) is 29.9 Å². The van der Waals surface area contributed by atoms with E-state index in [4.69, 9.17) is 0 Å². The van der Waals surface area contributed by atoms with E-state index in [1.165, 1.54) is 0 Å². The largest absolute Gasteiger partial charge is 0.376 e. The first-order valence-corrected chi connectivity index (χ1v) is 10.3. The van der Waals surface area contributed by atoms with Crippen LogP contribution in [-0.4, -0.2) is 24.3 Å². The fraction of sp³-hybridized carbons (Fsp3) is 0.348. The fourth-order valence-electron chi connectivity index (χ4n) is 2.78. The van der Waals surface area contributed by atoms with Crippen molar-refractivity contribution in [1.29, 1.82) is 0 Å². The summed E-state index contributed by atoms with van der Waals surface area (Å²) in [6.45, 7) is 3.95. The van der Waals surface area contributed by atoms with Crippen molar-refractivity contribution in [2.45, 2.75) is 46.0 Å². The van der Waals surface area contributed by atoms with Gasteiger partial charge in [0.1, 0.15) is 0 Å². The lowest BCUT2D eigenvalue weighted by molar-refractivity contribution is -0.117. The lowest BCUT2D eigenvalue weighted by atomic mass is 10.2. The predicted octanol–water partition coefficient (Wildman–Crippen LogP) is 4.60. The van der Waals surface area contributed by atoms with Gasteiger partial charge in [-0.15, -0.1) is 0 Å². The molecule has 2 aromatic carbocycles. The maximum Gasteiger partial charge on any atom is 0.243 e. The first-order chi connectivity index (χ1) is 14.5. The van der Waals surface area contributed by atoms with Gasteiger partial charge in [-0.1, -0.05) is 38.8 Å². The Morgan fingerprint density at radius 3 is 1.83 bits per heavy atom. The van der Waals surface area contributed by atoms with Crippen molar-refractivity contribution in [3.8, 4) is 0 Å². The van der Waals surface area contributed by atoms with Gasteiger partial charge in [0.15, 0.2) is 0 Å². The number of nitrogens with one attached hydrogen (secondary N) is 4. The Hall–Kier alpha value is -3.35. The summed E-state index contributed by atoms with van der Waals surface area (Å²) < 4.78 is 0. The highest BCUT2D eigenvalue weighted by Crippen LogP contribution is 2.17. The molecule has 0 aromatic heterocycles. The fourth-order valence-corrected chi connectivity index (χ4v) is 2.78. The average molecular weight is 411 g/mol. The SMILES string of the molecule is CCCCCC(=O)Nc1cccc(NC(=O)CNc2cccc(NC(=O)CC)c2)c1. The van der Waals surface area contributed by atoms with Gasteiger partial charge < -0.3 is 21.3 Å². The van der Waals surface area contributed by atoms with Crippen molar-refractivity contribution in [2.75, 3.05) is 27.8 Å². The number of hydrogen-bond acceptors (Lipinski definition) is 4. The van der Waals surface area contributed by atoms with Crippen LogP contribution in [0.4, 0.5) is 22.7 Å². The minimum atomic E-state index is -0.218. The molecule has 0 aliphatic rings. The molecule has 4 N–H and O–H groups in total. The Bertz CT molecular complexity index is 867. The second-order valence-corrected chi connectivity index (χ2v) is 6.97. The molecular weight excluding hydrogens is 380 g/mol. The van der Waals surface area contributed by atoms with Gasteiger partial charge in [0.05, 0.1) is 6.54 Å². The van der Waals surface area contributed by atoms with Gasteiger partial charge in [-0.05, 0) is 42.8 Å². The van der Waals surface area contributed by atoms with E-state index in [2.05, 4.69) is 28.2 Å². The van der Waals surface area contributed by atoms with Crippen LogP contribution in [0.3, 0.4) is 0 Å². The Morgan fingerprint density at radius 1 is 0.700 bits per heavy atom. The first-order valence-electron chi connectivity index (χ1n) is 10.3.